The Labute approximate surface area is 549 Å². The molecular weight excluding hydrogens is 1330 g/mol. The van der Waals surface area contributed by atoms with E-state index in [-0.39, 0.29) is 0 Å². The molecule has 0 radical (unpaired) electrons. The first-order chi connectivity index (χ1) is 45.8. The maximum absolute atomic E-state index is 13.1. The molecule has 0 aromatic rings. The van der Waals surface area contributed by atoms with Gasteiger partial charge >= 0.3 is 0 Å². The fraction of sp³-hybridized carbons (Fsp3) is 0.944. The fourth-order valence-corrected chi connectivity index (χ4v) is 12.5. The minimum absolute atomic E-state index is 0.824. The molecule has 97 heavy (non-hydrogen) atoms. The van der Waals surface area contributed by atoms with Crippen molar-refractivity contribution in [2.75, 3.05) is 46.2 Å². The van der Waals surface area contributed by atoms with E-state index in [1.807, 2.05) is 0 Å². The maximum Gasteiger partial charge on any atom is 0.217 e. The van der Waals surface area contributed by atoms with E-state index in [2.05, 4.69) is 16.0 Å². The van der Waals surface area contributed by atoms with Crippen molar-refractivity contribution in [3.05, 3.63) is 0 Å². The van der Waals surface area contributed by atoms with E-state index < -0.39 is 309 Å². The molecule has 8 aliphatic rings. The van der Waals surface area contributed by atoms with Gasteiger partial charge in [-0.25, -0.2) is 0 Å². The van der Waals surface area contributed by atoms with Crippen molar-refractivity contribution in [2.24, 2.45) is 0 Å². The number of nitrogens with one attached hydrogen (secondary N) is 3. The number of rotatable bonds is 24. The molecule has 0 unspecified atom stereocenters. The maximum atomic E-state index is 13.1. The van der Waals surface area contributed by atoms with E-state index in [0.717, 1.165) is 20.8 Å². The van der Waals surface area contributed by atoms with Crippen molar-refractivity contribution in [3.63, 3.8) is 0 Å². The zero-order chi connectivity index (χ0) is 71.5. The summed E-state index contributed by atoms with van der Waals surface area (Å²) in [5.74, 6) is -2.62. The minimum Gasteiger partial charge on any atom is -0.394 e. The van der Waals surface area contributed by atoms with Crippen LogP contribution in [0.4, 0.5) is 0 Å². The van der Waals surface area contributed by atoms with Gasteiger partial charge in [0.2, 0.25) is 17.7 Å². The van der Waals surface area contributed by atoms with E-state index in [4.69, 9.17) is 71.1 Å². The van der Waals surface area contributed by atoms with Gasteiger partial charge in [-0.1, -0.05) is 0 Å². The third-order valence-electron chi connectivity index (χ3n) is 17.8. The Morgan fingerprint density at radius 2 is 0.639 bits per heavy atom. The highest BCUT2D eigenvalue weighted by molar-refractivity contribution is 5.74. The van der Waals surface area contributed by atoms with Crippen LogP contribution < -0.4 is 16.0 Å². The summed E-state index contributed by atoms with van der Waals surface area (Å²) >= 11 is 0. The third kappa shape index (κ3) is 17.4. The van der Waals surface area contributed by atoms with Gasteiger partial charge in [-0.3, -0.25) is 14.4 Å². The molecule has 0 saturated carbocycles. The summed E-state index contributed by atoms with van der Waals surface area (Å²) in [6.07, 6.45) is -74.3. The fourth-order valence-electron chi connectivity index (χ4n) is 12.5. The summed E-state index contributed by atoms with van der Waals surface area (Å²) in [7, 11) is 0. The number of aliphatic hydroxyl groups excluding tert-OH is 22. The second-order valence-corrected chi connectivity index (χ2v) is 24.6. The quantitative estimate of drug-likeness (QED) is 0.0427. The van der Waals surface area contributed by atoms with Crippen LogP contribution in [0.5, 0.6) is 0 Å². The smallest absolute Gasteiger partial charge is 0.217 e. The molecule has 0 aromatic heterocycles. The molecule has 8 aliphatic heterocycles. The predicted octanol–water partition coefficient (Wildman–Crippen LogP) is -17.0. The number of ether oxygens (including phenoxy) is 15. The van der Waals surface area contributed by atoms with E-state index in [9.17, 15) is 127 Å². The van der Waals surface area contributed by atoms with Crippen LogP contribution in [0.15, 0.2) is 0 Å². The molecule has 43 heteroatoms. The van der Waals surface area contributed by atoms with E-state index in [0.29, 0.717) is 0 Å². The van der Waals surface area contributed by atoms with Crippen LogP contribution in [0.1, 0.15) is 27.7 Å². The summed E-state index contributed by atoms with van der Waals surface area (Å²) < 4.78 is 88.6. The Balaban J connectivity index is 1.14. The van der Waals surface area contributed by atoms with Gasteiger partial charge in [0.25, 0.3) is 0 Å². The van der Waals surface area contributed by atoms with Gasteiger partial charge < -0.3 is 199 Å². The SMILES string of the molecule is CC(=O)N[C@@H]1[C@@H](O[C@@H]2O[C@@H](C)[C@@H](O)[C@@H](O)[C@@H]2O)[C@H](O[C@@H]2O[C@H](CO)[C@@H](O[C@@H]3O[C@H](CO[C@H]4O[C@H](CO)[C@@H](O)[C@H](O)[C@@H]4O[C@H]4O[C@H](CO)[C@@H](O)[C@H](O)[C@@H]4O)[C@@H](O)[C@H](O[C@H]4O[C@H](CO)[C@@H](O)[C@H](O)[C@@H]4O[C@@H]4O[C@H](CO)[C@@H](O)[C@H](O)[C@H]4NC(C)=O)[C@@H]3O)[C@H](O)[C@H]2NC(C)=O)[C@@H](CO)O[C@H]1O. The number of hydrogen-bond donors (Lipinski definition) is 25. The average Bonchev–Trinajstić information content (AvgIpc) is 0.773. The molecule has 8 fully saturated rings. The largest absolute Gasteiger partial charge is 0.394 e. The Hall–Kier alpha value is -3.07. The van der Waals surface area contributed by atoms with E-state index >= 15 is 0 Å². The van der Waals surface area contributed by atoms with Gasteiger partial charge in [0.15, 0.2) is 50.3 Å². The summed E-state index contributed by atoms with van der Waals surface area (Å²) in [5, 5.41) is 249. The average molecular weight is 1420 g/mol. The highest BCUT2D eigenvalue weighted by Gasteiger charge is 2.60. The predicted molar refractivity (Wildman–Crippen MR) is 298 cm³/mol. The van der Waals surface area contributed by atoms with Crippen LogP contribution >= 0.6 is 0 Å². The van der Waals surface area contributed by atoms with Crippen molar-refractivity contribution in [1.82, 2.24) is 16.0 Å². The first-order valence-electron chi connectivity index (χ1n) is 31.0. The molecule has 8 rings (SSSR count). The Morgan fingerprint density at radius 3 is 1.16 bits per heavy atom. The lowest BCUT2D eigenvalue weighted by Gasteiger charge is -2.51. The van der Waals surface area contributed by atoms with Crippen molar-refractivity contribution < 1.29 is 198 Å². The molecule has 3 amide bonds. The van der Waals surface area contributed by atoms with Gasteiger partial charge in [0, 0.05) is 20.8 Å². The normalized spacial score (nSPS) is 49.9. The number of carbonyl (C=O) groups excluding carboxylic acids is 3. The molecule has 0 aromatic carbocycles. The van der Waals surface area contributed by atoms with Crippen molar-refractivity contribution in [2.45, 2.75) is 273 Å². The minimum atomic E-state index is -2.50. The topological polar surface area (TPSA) is 671 Å². The van der Waals surface area contributed by atoms with Crippen LogP contribution in [0.2, 0.25) is 0 Å². The second-order valence-electron chi connectivity index (χ2n) is 24.6. The molecule has 25 N–H and O–H groups in total. The lowest BCUT2D eigenvalue weighted by Crippen LogP contribution is -2.71. The Morgan fingerprint density at radius 1 is 0.289 bits per heavy atom. The van der Waals surface area contributed by atoms with Gasteiger partial charge in [0.1, 0.15) is 189 Å². The highest BCUT2D eigenvalue weighted by atomic mass is 16.8. The molecule has 40 atom stereocenters. The van der Waals surface area contributed by atoms with Crippen molar-refractivity contribution >= 4 is 17.7 Å². The molecule has 8 saturated heterocycles. The zero-order valence-corrected chi connectivity index (χ0v) is 52.2. The lowest BCUT2D eigenvalue weighted by atomic mass is 9.93. The van der Waals surface area contributed by atoms with Gasteiger partial charge in [0.05, 0.1) is 52.4 Å². The van der Waals surface area contributed by atoms with Crippen LogP contribution in [-0.2, 0) is 85.4 Å². The Bertz CT molecular complexity index is 2490. The molecule has 0 aliphatic carbocycles. The third-order valence-corrected chi connectivity index (χ3v) is 17.8. The van der Waals surface area contributed by atoms with Crippen LogP contribution in [-0.4, -0.2) is 422 Å². The first kappa shape index (κ1) is 79.6. The standard InChI is InChI=1S/C54H91N3O40/c1-12-26(67)34(75)38(79)50(84-12)94-43-25(57-15(4)66)47(82)85-21(10-63)42(43)93-49-24(56-14(3)65)33(74)41(20(9-62)90-49)92-52-40(81)44(95-54-46(37(78)30(71)19(8-61)89-54)96-48-23(55-13(2)64)32(73)27(68)16(5-58)86-48)31(72)22(91-52)11-83-53-45(36(77)29(70)18(7-60)88-53)97-51-39(80)35(76)28(69)17(6-59)87-51/h12,16-54,58-63,67-82H,5-11H2,1-4H3,(H,55,64)(H,56,65)(H,57,66)/t12-,16+,17+,18+,19+,20+,21+,22+,23+,24+,25+,26+,27+,28+,29+,30+,31+,32+,33+,34+,35-,36-,37-,38-,39-,40-,41+,42+,43+,44-,45-,46-,47+,48-,49-,50-,51+,52-,53-,54+/m0/s1. The van der Waals surface area contributed by atoms with E-state index in [1.165, 1.54) is 6.92 Å². The van der Waals surface area contributed by atoms with Gasteiger partial charge in [-0.05, 0) is 6.92 Å². The Kier molecular flexibility index (Phi) is 28.3. The summed E-state index contributed by atoms with van der Waals surface area (Å²) in [5.41, 5.74) is 0. The van der Waals surface area contributed by atoms with Crippen LogP contribution in [0.25, 0.3) is 0 Å². The molecule has 0 bridgehead atoms. The summed E-state index contributed by atoms with van der Waals surface area (Å²) in [4.78, 5) is 38.1. The number of carbonyl (C=O) groups is 3. The van der Waals surface area contributed by atoms with Crippen LogP contribution in [0.3, 0.4) is 0 Å². The second kappa shape index (κ2) is 34.5. The summed E-state index contributed by atoms with van der Waals surface area (Å²) in [6, 6.07) is -5.41. The molecule has 562 valence electrons. The number of hydrogen-bond acceptors (Lipinski definition) is 40. The number of amides is 3. The molecule has 43 nitrogen and oxygen atoms in total. The van der Waals surface area contributed by atoms with Gasteiger partial charge in [-0.15, -0.1) is 0 Å². The molecular formula is C54H91N3O40. The van der Waals surface area contributed by atoms with Gasteiger partial charge in [-0.2, -0.15) is 0 Å². The van der Waals surface area contributed by atoms with E-state index in [1.54, 1.807) is 0 Å². The summed E-state index contributed by atoms with van der Waals surface area (Å²) in [6.45, 7) is -3.19. The van der Waals surface area contributed by atoms with Crippen molar-refractivity contribution in [3.8, 4) is 0 Å². The molecule has 0 spiro atoms. The van der Waals surface area contributed by atoms with Crippen LogP contribution in [0, 0.1) is 0 Å². The monoisotopic (exact) mass is 1420 g/mol. The molecule has 8 heterocycles. The lowest BCUT2D eigenvalue weighted by molar-refractivity contribution is -0.397. The van der Waals surface area contributed by atoms with Crippen molar-refractivity contribution in [1.29, 1.82) is 0 Å². The highest BCUT2D eigenvalue weighted by Crippen LogP contribution is 2.39. The zero-order valence-electron chi connectivity index (χ0n) is 52.2. The first-order valence-corrected chi connectivity index (χ1v) is 31.0. The number of aliphatic hydroxyl groups is 22.